The van der Waals surface area contributed by atoms with E-state index in [0.29, 0.717) is 26.4 Å². The molecule has 0 radical (unpaired) electrons. The van der Waals surface area contributed by atoms with E-state index in [4.69, 9.17) is 23.2 Å². The first-order valence-electron chi connectivity index (χ1n) is 7.64. The van der Waals surface area contributed by atoms with Crippen molar-refractivity contribution in [1.82, 2.24) is 5.32 Å². The molecule has 2 aromatic rings. The summed E-state index contributed by atoms with van der Waals surface area (Å²) in [5, 5.41) is 14.2. The number of nitrogens with zero attached hydrogens (tertiary/aromatic N) is 1. The van der Waals surface area contributed by atoms with Crippen molar-refractivity contribution >= 4 is 40.9 Å². The first kappa shape index (κ1) is 17.9. The molecular formula is C19H14Cl2N2OS. The molecule has 1 aliphatic rings. The van der Waals surface area contributed by atoms with Crippen molar-refractivity contribution in [2.24, 2.45) is 0 Å². The number of allylic oxidation sites excluding steroid dienone is 1. The fraction of sp³-hybridized carbons (Fsp3) is 0.158. The summed E-state index contributed by atoms with van der Waals surface area (Å²) in [5.41, 5.74) is 2.45. The summed E-state index contributed by atoms with van der Waals surface area (Å²) in [6, 6.07) is 17.2. The maximum atomic E-state index is 12.1. The summed E-state index contributed by atoms with van der Waals surface area (Å²) in [6.45, 7) is 0. The van der Waals surface area contributed by atoms with Crippen LogP contribution in [0.3, 0.4) is 0 Å². The van der Waals surface area contributed by atoms with Gasteiger partial charge in [-0.3, -0.25) is 4.79 Å². The molecule has 6 heteroatoms. The van der Waals surface area contributed by atoms with Crippen molar-refractivity contribution in [3.63, 3.8) is 0 Å². The van der Waals surface area contributed by atoms with Crippen LogP contribution < -0.4 is 5.32 Å². The van der Waals surface area contributed by atoms with Crippen molar-refractivity contribution in [2.75, 3.05) is 0 Å². The molecule has 1 aliphatic heterocycles. The summed E-state index contributed by atoms with van der Waals surface area (Å²) in [4.78, 5) is 12.1. The average molecular weight is 389 g/mol. The van der Waals surface area contributed by atoms with Gasteiger partial charge in [0.2, 0.25) is 5.91 Å². The van der Waals surface area contributed by atoms with Crippen LogP contribution >= 0.6 is 35.0 Å². The highest BCUT2D eigenvalue weighted by molar-refractivity contribution is 8.02. The molecule has 0 unspecified atom stereocenters. The molecule has 0 saturated heterocycles. The van der Waals surface area contributed by atoms with Crippen LogP contribution in [0.1, 0.15) is 23.5 Å². The molecule has 1 amide bonds. The average Bonchev–Trinajstić information content (AvgIpc) is 2.61. The fourth-order valence-corrected chi connectivity index (χ4v) is 4.33. The maximum Gasteiger partial charge on any atom is 0.225 e. The molecule has 126 valence electrons. The van der Waals surface area contributed by atoms with Crippen LogP contribution in [0.25, 0.3) is 0 Å². The number of carbonyl (C=O) groups excluding carboxylic acids is 1. The molecular weight excluding hydrogens is 375 g/mol. The fourth-order valence-electron chi connectivity index (χ4n) is 2.69. The number of amides is 1. The Kier molecular flexibility index (Phi) is 5.70. The topological polar surface area (TPSA) is 52.9 Å². The van der Waals surface area contributed by atoms with Gasteiger partial charge >= 0.3 is 0 Å². The highest BCUT2D eigenvalue weighted by Crippen LogP contribution is 2.37. The Hall–Kier alpha value is -1.93. The Morgan fingerprint density at radius 3 is 2.64 bits per heavy atom. The number of nitrogens with one attached hydrogen (secondary N) is 1. The van der Waals surface area contributed by atoms with Gasteiger partial charge in [-0.2, -0.15) is 5.26 Å². The Balaban J connectivity index is 1.88. The van der Waals surface area contributed by atoms with Crippen molar-refractivity contribution in [3.05, 3.63) is 80.3 Å². The molecule has 0 aromatic heterocycles. The second-order valence-corrected chi connectivity index (χ2v) is 7.42. The molecule has 3 rings (SSSR count). The number of rotatable bonds is 4. The number of hydrogen-bond acceptors (Lipinski definition) is 3. The lowest BCUT2D eigenvalue weighted by atomic mass is 9.87. The van der Waals surface area contributed by atoms with Crippen LogP contribution in [0.2, 0.25) is 10.0 Å². The zero-order valence-corrected chi connectivity index (χ0v) is 15.5. The highest BCUT2D eigenvalue weighted by atomic mass is 35.5. The Morgan fingerprint density at radius 1 is 1.20 bits per heavy atom. The molecule has 1 heterocycles. The van der Waals surface area contributed by atoms with Crippen molar-refractivity contribution in [1.29, 1.82) is 5.26 Å². The number of halogens is 2. The number of benzene rings is 2. The Labute approximate surface area is 160 Å². The number of carbonyl (C=O) groups is 1. The zero-order chi connectivity index (χ0) is 17.8. The number of thioether (sulfide) groups is 1. The Bertz CT molecular complexity index is 875. The van der Waals surface area contributed by atoms with E-state index in [-0.39, 0.29) is 18.2 Å². The van der Waals surface area contributed by atoms with Gasteiger partial charge in [0.1, 0.15) is 0 Å². The van der Waals surface area contributed by atoms with Crippen LogP contribution in [-0.4, -0.2) is 5.91 Å². The van der Waals surface area contributed by atoms with E-state index in [2.05, 4.69) is 11.4 Å². The van der Waals surface area contributed by atoms with E-state index in [1.54, 1.807) is 12.1 Å². The minimum absolute atomic E-state index is 0.0856. The third-order valence-corrected chi connectivity index (χ3v) is 5.60. The first-order chi connectivity index (χ1) is 12.1. The SMILES string of the molecule is N#CC1=C(SCc2ccc(Cl)cc2Cl)NC(=O)C[C@H]1c1ccccc1. The number of nitriles is 1. The molecule has 0 saturated carbocycles. The molecule has 2 aromatic carbocycles. The monoisotopic (exact) mass is 388 g/mol. The minimum Gasteiger partial charge on any atom is -0.320 e. The highest BCUT2D eigenvalue weighted by Gasteiger charge is 2.29. The first-order valence-corrected chi connectivity index (χ1v) is 9.38. The van der Waals surface area contributed by atoms with Crippen LogP contribution in [0.5, 0.6) is 0 Å². The van der Waals surface area contributed by atoms with Crippen molar-refractivity contribution < 1.29 is 4.79 Å². The van der Waals surface area contributed by atoms with Crippen LogP contribution in [-0.2, 0) is 10.5 Å². The van der Waals surface area contributed by atoms with Gasteiger partial charge in [-0.05, 0) is 23.3 Å². The predicted molar refractivity (Wildman–Crippen MR) is 102 cm³/mol. The second-order valence-electron chi connectivity index (χ2n) is 5.59. The largest absolute Gasteiger partial charge is 0.320 e. The van der Waals surface area contributed by atoms with E-state index in [1.807, 2.05) is 36.4 Å². The summed E-state index contributed by atoms with van der Waals surface area (Å²) < 4.78 is 0. The van der Waals surface area contributed by atoms with E-state index >= 15 is 0 Å². The van der Waals surface area contributed by atoms with Gasteiger partial charge in [0.05, 0.1) is 16.7 Å². The van der Waals surface area contributed by atoms with E-state index < -0.39 is 0 Å². The van der Waals surface area contributed by atoms with Gasteiger partial charge in [-0.1, -0.05) is 59.6 Å². The third kappa shape index (κ3) is 4.19. The standard InChI is InChI=1S/C19H14Cl2N2OS/c20-14-7-6-13(17(21)8-14)11-25-19-16(10-22)15(9-18(24)23-19)12-4-2-1-3-5-12/h1-8,15H,9,11H2,(H,23,24)/t15-/m0/s1. The normalized spacial score (nSPS) is 17.2. The lowest BCUT2D eigenvalue weighted by Gasteiger charge is -2.25. The summed E-state index contributed by atoms with van der Waals surface area (Å²) in [6.07, 6.45) is 0.276. The van der Waals surface area contributed by atoms with Gasteiger partial charge in [-0.25, -0.2) is 0 Å². The lowest BCUT2D eigenvalue weighted by Crippen LogP contribution is -2.30. The maximum absolute atomic E-state index is 12.1. The van der Waals surface area contributed by atoms with Gasteiger partial charge in [0.15, 0.2) is 0 Å². The summed E-state index contributed by atoms with van der Waals surface area (Å²) in [7, 11) is 0. The van der Waals surface area contributed by atoms with Crippen molar-refractivity contribution in [2.45, 2.75) is 18.1 Å². The van der Waals surface area contributed by atoms with E-state index in [1.165, 1.54) is 11.8 Å². The molecule has 3 nitrogen and oxygen atoms in total. The smallest absolute Gasteiger partial charge is 0.225 e. The van der Waals surface area contributed by atoms with E-state index in [0.717, 1.165) is 11.1 Å². The molecule has 0 spiro atoms. The van der Waals surface area contributed by atoms with Crippen LogP contribution in [0.15, 0.2) is 59.1 Å². The molecule has 0 bridgehead atoms. The lowest BCUT2D eigenvalue weighted by molar-refractivity contribution is -0.120. The van der Waals surface area contributed by atoms with Crippen LogP contribution in [0, 0.1) is 11.3 Å². The molecule has 1 N–H and O–H groups in total. The molecule has 1 atom stereocenters. The second kappa shape index (κ2) is 7.97. The van der Waals surface area contributed by atoms with E-state index in [9.17, 15) is 10.1 Å². The summed E-state index contributed by atoms with van der Waals surface area (Å²) in [5.74, 6) is 0.235. The number of hydrogen-bond donors (Lipinski definition) is 1. The Morgan fingerprint density at radius 2 is 1.96 bits per heavy atom. The molecule has 25 heavy (non-hydrogen) atoms. The van der Waals surface area contributed by atoms with Gasteiger partial charge in [-0.15, -0.1) is 11.8 Å². The predicted octanol–water partition coefficient (Wildman–Crippen LogP) is 5.27. The zero-order valence-electron chi connectivity index (χ0n) is 13.1. The molecule has 0 fully saturated rings. The van der Waals surface area contributed by atoms with Gasteiger partial charge < -0.3 is 5.32 Å². The van der Waals surface area contributed by atoms with Gasteiger partial charge in [0, 0.05) is 28.1 Å². The van der Waals surface area contributed by atoms with Crippen LogP contribution in [0.4, 0.5) is 0 Å². The third-order valence-electron chi connectivity index (χ3n) is 3.95. The molecule has 0 aliphatic carbocycles. The van der Waals surface area contributed by atoms with Gasteiger partial charge in [0.25, 0.3) is 0 Å². The van der Waals surface area contributed by atoms with Crippen molar-refractivity contribution in [3.8, 4) is 6.07 Å². The minimum atomic E-state index is -0.219. The quantitative estimate of drug-likeness (QED) is 0.776. The summed E-state index contributed by atoms with van der Waals surface area (Å²) >= 11 is 13.5.